The minimum Gasteiger partial charge on any atom is -0.497 e. The number of methoxy groups -OCH3 is 1. The van der Waals surface area contributed by atoms with Gasteiger partial charge in [-0.3, -0.25) is 9.69 Å². The van der Waals surface area contributed by atoms with Crippen LogP contribution in [0.1, 0.15) is 56.4 Å². The van der Waals surface area contributed by atoms with E-state index in [4.69, 9.17) is 13.9 Å². The summed E-state index contributed by atoms with van der Waals surface area (Å²) in [5, 5.41) is 13.7. The van der Waals surface area contributed by atoms with Crippen molar-refractivity contribution in [3.8, 4) is 11.5 Å². The van der Waals surface area contributed by atoms with Gasteiger partial charge in [0.15, 0.2) is 5.82 Å². The number of aromatic amines is 1. The summed E-state index contributed by atoms with van der Waals surface area (Å²) < 4.78 is 18.6. The number of ether oxygens (including phenoxy) is 2. The van der Waals surface area contributed by atoms with Crippen molar-refractivity contribution in [3.05, 3.63) is 100.0 Å². The van der Waals surface area contributed by atoms with Gasteiger partial charge in [0.1, 0.15) is 23.3 Å². The summed E-state index contributed by atoms with van der Waals surface area (Å²) in [4.78, 5) is 18.9. The summed E-state index contributed by atoms with van der Waals surface area (Å²) in [7, 11) is 1.62. The summed E-state index contributed by atoms with van der Waals surface area (Å²) >= 11 is 0. The van der Waals surface area contributed by atoms with E-state index in [2.05, 4.69) is 25.4 Å². The number of H-pyrrole nitrogens is 1. The number of nitrogens with one attached hydrogen (secondary N) is 1. The van der Waals surface area contributed by atoms with E-state index in [-0.39, 0.29) is 5.56 Å². The molecule has 3 heterocycles. The van der Waals surface area contributed by atoms with Gasteiger partial charge in [0, 0.05) is 23.0 Å². The second-order valence-electron chi connectivity index (χ2n) is 10.6. The molecular formula is C30H34N6O4. The Labute approximate surface area is 232 Å². The molecule has 0 saturated carbocycles. The highest BCUT2D eigenvalue weighted by Crippen LogP contribution is 2.33. The van der Waals surface area contributed by atoms with Gasteiger partial charge in [-0.05, 0) is 92.2 Å². The standard InChI is InChI=1S/C30H34N6O4/c1-6-39-22-11-9-20(10-12-22)18-35(19-24-8-7-15-40-24)27(28-32-33-34-36(28)30(2,3)4)25-17-21-16-23(38-5)13-14-26(21)31-29(25)37/h7-17,27H,6,18-19H2,1-5H3,(H,31,37)/t27-/m0/s1. The third-order valence-electron chi connectivity index (χ3n) is 6.67. The van der Waals surface area contributed by atoms with Crippen molar-refractivity contribution in [2.75, 3.05) is 13.7 Å². The zero-order valence-corrected chi connectivity index (χ0v) is 23.4. The highest BCUT2D eigenvalue weighted by molar-refractivity contribution is 5.80. The molecule has 10 heteroatoms. The summed E-state index contributed by atoms with van der Waals surface area (Å²) in [6.45, 7) is 9.55. The molecule has 10 nitrogen and oxygen atoms in total. The van der Waals surface area contributed by atoms with E-state index in [0.29, 0.717) is 42.4 Å². The van der Waals surface area contributed by atoms with Crippen molar-refractivity contribution in [1.29, 1.82) is 0 Å². The minimum absolute atomic E-state index is 0.220. The first-order chi connectivity index (χ1) is 19.3. The normalized spacial score (nSPS) is 12.7. The molecule has 5 aromatic rings. The predicted octanol–water partition coefficient (Wildman–Crippen LogP) is 5.06. The van der Waals surface area contributed by atoms with Gasteiger partial charge in [0.2, 0.25) is 0 Å². The molecule has 3 aromatic heterocycles. The van der Waals surface area contributed by atoms with E-state index in [1.807, 2.05) is 88.4 Å². The topological polar surface area (TPSA) is 111 Å². The number of benzene rings is 2. The SMILES string of the molecule is CCOc1ccc(CN(Cc2ccco2)[C@@H](c2cc3cc(OC)ccc3[nH]c2=O)c2nnnn2C(C)(C)C)cc1. The molecule has 0 aliphatic heterocycles. The molecule has 0 aliphatic rings. The van der Waals surface area contributed by atoms with Crippen LogP contribution >= 0.6 is 0 Å². The highest BCUT2D eigenvalue weighted by atomic mass is 16.5. The molecule has 0 radical (unpaired) electrons. The van der Waals surface area contributed by atoms with Gasteiger partial charge in [0.05, 0.1) is 32.1 Å². The Morgan fingerprint density at radius 1 is 1.05 bits per heavy atom. The average Bonchev–Trinajstić information content (AvgIpc) is 3.63. The van der Waals surface area contributed by atoms with E-state index in [9.17, 15) is 4.79 Å². The van der Waals surface area contributed by atoms with Gasteiger partial charge in [-0.25, -0.2) is 4.68 Å². The van der Waals surface area contributed by atoms with Crippen molar-refractivity contribution in [1.82, 2.24) is 30.1 Å². The van der Waals surface area contributed by atoms with Crippen molar-refractivity contribution in [2.24, 2.45) is 0 Å². The van der Waals surface area contributed by atoms with Gasteiger partial charge >= 0.3 is 0 Å². The maximum atomic E-state index is 13.7. The zero-order chi connectivity index (χ0) is 28.3. The van der Waals surface area contributed by atoms with Crippen molar-refractivity contribution < 1.29 is 13.9 Å². The number of nitrogens with zero attached hydrogens (tertiary/aromatic N) is 5. The summed E-state index contributed by atoms with van der Waals surface area (Å²) in [5.41, 5.74) is 1.61. The number of pyridine rings is 1. The number of fused-ring (bicyclic) bond motifs is 1. The lowest BCUT2D eigenvalue weighted by Crippen LogP contribution is -2.37. The summed E-state index contributed by atoms with van der Waals surface area (Å²) in [5.74, 6) is 2.81. The molecular weight excluding hydrogens is 508 g/mol. The van der Waals surface area contributed by atoms with Crippen molar-refractivity contribution in [2.45, 2.75) is 52.4 Å². The van der Waals surface area contributed by atoms with Crippen LogP contribution in [0.2, 0.25) is 0 Å². The Morgan fingerprint density at radius 2 is 1.82 bits per heavy atom. The largest absolute Gasteiger partial charge is 0.497 e. The lowest BCUT2D eigenvalue weighted by Gasteiger charge is -2.32. The van der Waals surface area contributed by atoms with Crippen LogP contribution < -0.4 is 15.0 Å². The molecule has 0 amide bonds. The number of hydrogen-bond acceptors (Lipinski definition) is 8. The molecule has 208 valence electrons. The van der Waals surface area contributed by atoms with Crippen LogP contribution in [-0.2, 0) is 18.6 Å². The van der Waals surface area contributed by atoms with E-state index in [1.165, 1.54) is 0 Å². The molecule has 1 atom stereocenters. The zero-order valence-electron chi connectivity index (χ0n) is 23.4. The third-order valence-corrected chi connectivity index (χ3v) is 6.67. The molecule has 0 spiro atoms. The lowest BCUT2D eigenvalue weighted by molar-refractivity contribution is 0.171. The van der Waals surface area contributed by atoms with Crippen LogP contribution in [0.4, 0.5) is 0 Å². The van der Waals surface area contributed by atoms with Crippen LogP contribution in [0.3, 0.4) is 0 Å². The number of tetrazole rings is 1. The van der Waals surface area contributed by atoms with Crippen molar-refractivity contribution >= 4 is 10.9 Å². The molecule has 1 N–H and O–H groups in total. The molecule has 0 aliphatic carbocycles. The Balaban J connectivity index is 1.69. The van der Waals surface area contributed by atoms with Crippen LogP contribution in [0.25, 0.3) is 10.9 Å². The molecule has 0 saturated heterocycles. The second kappa shape index (κ2) is 11.4. The fourth-order valence-corrected chi connectivity index (χ4v) is 4.81. The fraction of sp³-hybridized carbons (Fsp3) is 0.333. The van der Waals surface area contributed by atoms with Gasteiger partial charge in [-0.1, -0.05) is 12.1 Å². The minimum atomic E-state index is -0.606. The highest BCUT2D eigenvalue weighted by Gasteiger charge is 2.34. The Morgan fingerprint density at radius 3 is 2.50 bits per heavy atom. The van der Waals surface area contributed by atoms with Crippen molar-refractivity contribution in [3.63, 3.8) is 0 Å². The maximum Gasteiger partial charge on any atom is 0.253 e. The van der Waals surface area contributed by atoms with Crippen LogP contribution in [0.5, 0.6) is 11.5 Å². The predicted molar refractivity (Wildman–Crippen MR) is 151 cm³/mol. The van der Waals surface area contributed by atoms with Crippen LogP contribution in [-0.4, -0.2) is 43.8 Å². The maximum absolute atomic E-state index is 13.7. The fourth-order valence-electron chi connectivity index (χ4n) is 4.81. The molecule has 0 bridgehead atoms. The lowest BCUT2D eigenvalue weighted by atomic mass is 10.0. The average molecular weight is 543 g/mol. The molecule has 2 aromatic carbocycles. The second-order valence-corrected chi connectivity index (χ2v) is 10.6. The quantitative estimate of drug-likeness (QED) is 0.261. The Bertz CT molecular complexity index is 1620. The van der Waals surface area contributed by atoms with E-state index in [0.717, 1.165) is 22.5 Å². The number of rotatable bonds is 10. The molecule has 0 fully saturated rings. The number of furan rings is 1. The van der Waals surface area contributed by atoms with Gasteiger partial charge in [0.25, 0.3) is 5.56 Å². The summed E-state index contributed by atoms with van der Waals surface area (Å²) in [6.07, 6.45) is 1.65. The number of hydrogen-bond donors (Lipinski definition) is 1. The first kappa shape index (κ1) is 27.1. The third kappa shape index (κ3) is 5.76. The van der Waals surface area contributed by atoms with Gasteiger partial charge < -0.3 is 18.9 Å². The molecule has 40 heavy (non-hydrogen) atoms. The van der Waals surface area contributed by atoms with E-state index < -0.39 is 11.6 Å². The van der Waals surface area contributed by atoms with E-state index in [1.54, 1.807) is 18.1 Å². The Kier molecular flexibility index (Phi) is 7.70. The molecule has 5 rings (SSSR count). The first-order valence-electron chi connectivity index (χ1n) is 13.2. The van der Waals surface area contributed by atoms with Gasteiger partial charge in [-0.15, -0.1) is 5.10 Å². The monoisotopic (exact) mass is 542 g/mol. The van der Waals surface area contributed by atoms with Gasteiger partial charge in [-0.2, -0.15) is 0 Å². The van der Waals surface area contributed by atoms with E-state index >= 15 is 0 Å². The number of aromatic nitrogens is 5. The smallest absolute Gasteiger partial charge is 0.253 e. The van der Waals surface area contributed by atoms with Crippen LogP contribution in [0, 0.1) is 0 Å². The Hall–Kier alpha value is -4.44. The molecule has 0 unspecified atom stereocenters. The first-order valence-corrected chi connectivity index (χ1v) is 13.2. The summed E-state index contributed by atoms with van der Waals surface area (Å²) in [6, 6.07) is 18.6. The van der Waals surface area contributed by atoms with Crippen LogP contribution in [0.15, 0.2) is 76.1 Å².